The molecule has 0 saturated heterocycles. The van der Waals surface area contributed by atoms with E-state index in [-0.39, 0.29) is 23.7 Å². The van der Waals surface area contributed by atoms with Gasteiger partial charge in [0.2, 0.25) is 5.75 Å². The largest absolute Gasteiger partial charge is 0.497 e. The van der Waals surface area contributed by atoms with Crippen molar-refractivity contribution >= 4 is 16.9 Å². The minimum absolute atomic E-state index is 0.0590. The third-order valence-electron chi connectivity index (χ3n) is 5.62. The van der Waals surface area contributed by atoms with E-state index in [0.717, 1.165) is 38.5 Å². The quantitative estimate of drug-likeness (QED) is 0.188. The smallest absolute Gasteiger partial charge is 0.308 e. The molecular weight excluding hydrogens is 430 g/mol. The Bertz CT molecular complexity index is 1090. The van der Waals surface area contributed by atoms with Crippen molar-refractivity contribution in [2.75, 3.05) is 13.7 Å². The zero-order valence-electron chi connectivity index (χ0n) is 21.5. The number of aromatic nitrogens is 1. The molecule has 2 aromatic rings. The van der Waals surface area contributed by atoms with Gasteiger partial charge in [-0.25, -0.2) is 0 Å². The summed E-state index contributed by atoms with van der Waals surface area (Å²) < 4.78 is 18.6. The summed E-state index contributed by atoms with van der Waals surface area (Å²) in [4.78, 5) is 25.3. The molecule has 186 valence electrons. The van der Waals surface area contributed by atoms with Crippen molar-refractivity contribution in [3.8, 4) is 17.2 Å². The van der Waals surface area contributed by atoms with Crippen molar-refractivity contribution in [2.45, 2.75) is 79.7 Å². The molecular formula is C28H39NO5. The van der Waals surface area contributed by atoms with E-state index in [4.69, 9.17) is 14.2 Å². The van der Waals surface area contributed by atoms with E-state index < -0.39 is 5.97 Å². The number of hydrogen-bond acceptors (Lipinski definition) is 5. The SMILES string of the molecule is CCCCCCn1c(=O)c(OC(C)=O)c(OC/C=C(\C)CCC=C(C)C)c2ccc(OC)cc21. The highest BCUT2D eigenvalue weighted by Gasteiger charge is 2.21. The van der Waals surface area contributed by atoms with Gasteiger partial charge in [-0.3, -0.25) is 9.59 Å². The summed E-state index contributed by atoms with van der Waals surface area (Å²) in [7, 11) is 1.60. The van der Waals surface area contributed by atoms with Crippen LogP contribution in [0.2, 0.25) is 0 Å². The molecule has 34 heavy (non-hydrogen) atoms. The number of ether oxygens (including phenoxy) is 3. The standard InChI is InChI=1S/C28H39NO5/c1-7-8-9-10-17-29-25-19-23(32-6)14-15-24(25)26(27(28(29)31)34-22(5)30)33-18-16-21(4)13-11-12-20(2)3/h12,14-16,19H,7-11,13,17-18H2,1-6H3/b21-16+. The molecule has 2 rings (SSSR count). The van der Waals surface area contributed by atoms with Gasteiger partial charge in [-0.05, 0) is 58.2 Å². The molecule has 0 aliphatic carbocycles. The first kappa shape index (κ1) is 27.2. The Balaban J connectivity index is 2.48. The number of fused-ring (bicyclic) bond motifs is 1. The number of aryl methyl sites for hydroxylation is 1. The summed E-state index contributed by atoms with van der Waals surface area (Å²) in [5.74, 6) is 0.323. The lowest BCUT2D eigenvalue weighted by atomic mass is 10.1. The number of unbranched alkanes of at least 4 members (excludes halogenated alkanes) is 3. The Labute approximate surface area is 203 Å². The van der Waals surface area contributed by atoms with Gasteiger partial charge in [0, 0.05) is 24.9 Å². The normalized spacial score (nSPS) is 11.4. The van der Waals surface area contributed by atoms with E-state index in [1.807, 2.05) is 24.3 Å². The van der Waals surface area contributed by atoms with E-state index in [9.17, 15) is 9.59 Å². The Hall–Kier alpha value is -3.02. The molecule has 0 aliphatic heterocycles. The van der Waals surface area contributed by atoms with Crippen LogP contribution in [0.25, 0.3) is 10.9 Å². The summed E-state index contributed by atoms with van der Waals surface area (Å²) in [6, 6.07) is 5.50. The van der Waals surface area contributed by atoms with Crippen molar-refractivity contribution in [3.63, 3.8) is 0 Å². The second kappa shape index (κ2) is 13.6. The predicted octanol–water partition coefficient (Wildman–Crippen LogP) is 6.59. The first-order valence-electron chi connectivity index (χ1n) is 12.1. The fraction of sp³-hybridized carbons (Fsp3) is 0.500. The lowest BCUT2D eigenvalue weighted by molar-refractivity contribution is -0.132. The maximum atomic E-state index is 13.4. The predicted molar refractivity (Wildman–Crippen MR) is 138 cm³/mol. The van der Waals surface area contributed by atoms with Gasteiger partial charge in [0.05, 0.1) is 12.6 Å². The fourth-order valence-electron chi connectivity index (χ4n) is 3.76. The first-order valence-corrected chi connectivity index (χ1v) is 12.1. The van der Waals surface area contributed by atoms with Gasteiger partial charge in [0.1, 0.15) is 12.4 Å². The van der Waals surface area contributed by atoms with Gasteiger partial charge in [-0.15, -0.1) is 0 Å². The Morgan fingerprint density at radius 3 is 2.44 bits per heavy atom. The number of carbonyl (C=O) groups is 1. The summed E-state index contributed by atoms with van der Waals surface area (Å²) in [5, 5.41) is 0.711. The number of allylic oxidation sites excluding steroid dienone is 3. The van der Waals surface area contributed by atoms with Crippen LogP contribution in [0.4, 0.5) is 0 Å². The highest BCUT2D eigenvalue weighted by molar-refractivity contribution is 5.90. The highest BCUT2D eigenvalue weighted by atomic mass is 16.6. The lowest BCUT2D eigenvalue weighted by Gasteiger charge is -2.18. The van der Waals surface area contributed by atoms with E-state index in [2.05, 4.69) is 33.8 Å². The van der Waals surface area contributed by atoms with Crippen molar-refractivity contribution in [2.24, 2.45) is 0 Å². The van der Waals surface area contributed by atoms with Crippen LogP contribution in [0.15, 0.2) is 46.3 Å². The number of nitrogens with zero attached hydrogens (tertiary/aromatic N) is 1. The van der Waals surface area contributed by atoms with Gasteiger partial charge in [-0.2, -0.15) is 0 Å². The van der Waals surface area contributed by atoms with Crippen molar-refractivity contribution in [3.05, 3.63) is 51.9 Å². The monoisotopic (exact) mass is 469 g/mol. The summed E-state index contributed by atoms with van der Waals surface area (Å²) in [6.07, 6.45) is 10.2. The number of carbonyl (C=O) groups excluding carboxylic acids is 1. The fourth-order valence-corrected chi connectivity index (χ4v) is 3.76. The van der Waals surface area contributed by atoms with Crippen LogP contribution < -0.4 is 19.8 Å². The Morgan fingerprint density at radius 1 is 1.03 bits per heavy atom. The highest BCUT2D eigenvalue weighted by Crippen LogP contribution is 2.35. The second-order valence-electron chi connectivity index (χ2n) is 8.83. The van der Waals surface area contributed by atoms with Crippen LogP contribution in [0.5, 0.6) is 17.2 Å². The molecule has 0 spiro atoms. The van der Waals surface area contributed by atoms with Crippen molar-refractivity contribution in [1.29, 1.82) is 0 Å². The number of hydrogen-bond donors (Lipinski definition) is 0. The number of esters is 1. The Morgan fingerprint density at radius 2 is 1.79 bits per heavy atom. The zero-order chi connectivity index (χ0) is 25.1. The average Bonchev–Trinajstić information content (AvgIpc) is 2.79. The number of rotatable bonds is 13. The van der Waals surface area contributed by atoms with Crippen LogP contribution in [0.1, 0.15) is 73.1 Å². The van der Waals surface area contributed by atoms with E-state index in [1.165, 1.54) is 18.1 Å². The summed E-state index contributed by atoms with van der Waals surface area (Å²) in [6.45, 7) is 10.5. The topological polar surface area (TPSA) is 66.8 Å². The van der Waals surface area contributed by atoms with E-state index >= 15 is 0 Å². The van der Waals surface area contributed by atoms with Crippen LogP contribution >= 0.6 is 0 Å². The second-order valence-corrected chi connectivity index (χ2v) is 8.83. The molecule has 0 unspecified atom stereocenters. The number of methoxy groups -OCH3 is 1. The zero-order valence-corrected chi connectivity index (χ0v) is 21.5. The van der Waals surface area contributed by atoms with Gasteiger partial charge in [-0.1, -0.05) is 43.4 Å². The minimum Gasteiger partial charge on any atom is -0.497 e. The van der Waals surface area contributed by atoms with Gasteiger partial charge >= 0.3 is 5.97 Å². The average molecular weight is 470 g/mol. The van der Waals surface area contributed by atoms with Crippen LogP contribution in [-0.2, 0) is 11.3 Å². The molecule has 1 heterocycles. The van der Waals surface area contributed by atoms with E-state index in [1.54, 1.807) is 11.7 Å². The lowest BCUT2D eigenvalue weighted by Crippen LogP contribution is -2.25. The van der Waals surface area contributed by atoms with Crippen LogP contribution in [0, 0.1) is 0 Å². The number of benzene rings is 1. The first-order chi connectivity index (χ1) is 16.3. The molecule has 0 atom stereocenters. The third-order valence-corrected chi connectivity index (χ3v) is 5.62. The third kappa shape index (κ3) is 7.79. The molecule has 0 amide bonds. The summed E-state index contributed by atoms with van der Waals surface area (Å²) >= 11 is 0. The van der Waals surface area contributed by atoms with Crippen LogP contribution in [-0.4, -0.2) is 24.3 Å². The molecule has 0 radical (unpaired) electrons. The van der Waals surface area contributed by atoms with Crippen molar-refractivity contribution in [1.82, 2.24) is 4.57 Å². The van der Waals surface area contributed by atoms with Gasteiger partial charge < -0.3 is 18.8 Å². The minimum atomic E-state index is -0.555. The van der Waals surface area contributed by atoms with Crippen LogP contribution in [0.3, 0.4) is 0 Å². The molecule has 0 saturated carbocycles. The van der Waals surface area contributed by atoms with Crippen molar-refractivity contribution < 1.29 is 19.0 Å². The maximum Gasteiger partial charge on any atom is 0.308 e. The molecule has 6 heteroatoms. The summed E-state index contributed by atoms with van der Waals surface area (Å²) in [5.41, 5.74) is 2.83. The molecule has 0 bridgehead atoms. The molecule has 1 aromatic heterocycles. The van der Waals surface area contributed by atoms with Gasteiger partial charge in [0.25, 0.3) is 5.56 Å². The maximum absolute atomic E-state index is 13.4. The van der Waals surface area contributed by atoms with Gasteiger partial charge in [0.15, 0.2) is 5.75 Å². The molecule has 6 nitrogen and oxygen atoms in total. The molecule has 0 fully saturated rings. The van der Waals surface area contributed by atoms with E-state index in [0.29, 0.717) is 23.2 Å². The number of pyridine rings is 1. The Kier molecular flexibility index (Phi) is 10.9. The molecule has 1 aromatic carbocycles. The molecule has 0 aliphatic rings. The molecule has 0 N–H and O–H groups in total.